The lowest BCUT2D eigenvalue weighted by molar-refractivity contribution is 0.180. The van der Waals surface area contributed by atoms with E-state index in [4.69, 9.17) is 0 Å². The van der Waals surface area contributed by atoms with E-state index < -0.39 is 6.10 Å². The van der Waals surface area contributed by atoms with E-state index in [1.54, 1.807) is 6.07 Å². The zero-order valence-electron chi connectivity index (χ0n) is 11.0. The first kappa shape index (κ1) is 12.7. The number of benzene rings is 3. The first-order chi connectivity index (χ1) is 9.75. The zero-order valence-corrected chi connectivity index (χ0v) is 11.0. The Morgan fingerprint density at radius 2 is 1.50 bits per heavy atom. The van der Waals surface area contributed by atoms with E-state index in [-0.39, 0.29) is 5.75 Å². The van der Waals surface area contributed by atoms with Crippen LogP contribution >= 0.6 is 0 Å². The van der Waals surface area contributed by atoms with Gasteiger partial charge in [-0.15, -0.1) is 0 Å². The van der Waals surface area contributed by atoms with Crippen molar-refractivity contribution in [2.75, 3.05) is 0 Å². The van der Waals surface area contributed by atoms with Gasteiger partial charge in [-0.2, -0.15) is 0 Å². The maximum atomic E-state index is 10.5. The lowest BCUT2D eigenvalue weighted by Gasteiger charge is -2.14. The molecule has 0 aliphatic heterocycles. The summed E-state index contributed by atoms with van der Waals surface area (Å²) in [5, 5.41) is 22.2. The molecule has 2 heteroatoms. The Morgan fingerprint density at radius 1 is 0.800 bits per heavy atom. The van der Waals surface area contributed by atoms with Gasteiger partial charge >= 0.3 is 0 Å². The normalized spacial score (nSPS) is 12.4. The van der Waals surface area contributed by atoms with Gasteiger partial charge < -0.3 is 10.2 Å². The molecule has 0 bridgehead atoms. The molecule has 0 radical (unpaired) electrons. The Balaban J connectivity index is 2.01. The second kappa shape index (κ2) is 5.35. The van der Waals surface area contributed by atoms with E-state index in [0.29, 0.717) is 6.42 Å². The van der Waals surface area contributed by atoms with Crippen molar-refractivity contribution in [1.29, 1.82) is 0 Å². The van der Waals surface area contributed by atoms with Gasteiger partial charge in [-0.3, -0.25) is 0 Å². The largest absolute Gasteiger partial charge is 0.507 e. The molecule has 3 aromatic carbocycles. The summed E-state index contributed by atoms with van der Waals surface area (Å²) in [4.78, 5) is 0. The van der Waals surface area contributed by atoms with E-state index >= 15 is 0 Å². The van der Waals surface area contributed by atoms with Gasteiger partial charge in [-0.1, -0.05) is 60.7 Å². The van der Waals surface area contributed by atoms with Gasteiger partial charge in [0.05, 0.1) is 6.10 Å². The topological polar surface area (TPSA) is 40.5 Å². The molecule has 0 saturated heterocycles. The standard InChI is InChI=1S/C18H16O2/c19-16-11-5-9-14-8-4-10-15(18(14)16)17(20)12-13-6-2-1-3-7-13/h1-11,17,19-20H,12H2. The summed E-state index contributed by atoms with van der Waals surface area (Å²) >= 11 is 0. The van der Waals surface area contributed by atoms with Crippen molar-refractivity contribution in [3.05, 3.63) is 77.9 Å². The lowest BCUT2D eigenvalue weighted by atomic mass is 9.95. The third-order valence-corrected chi connectivity index (χ3v) is 3.55. The lowest BCUT2D eigenvalue weighted by Crippen LogP contribution is -2.02. The van der Waals surface area contributed by atoms with Crippen LogP contribution in [0.15, 0.2) is 66.7 Å². The highest BCUT2D eigenvalue weighted by Gasteiger charge is 2.14. The van der Waals surface area contributed by atoms with Crippen LogP contribution in [0.25, 0.3) is 10.8 Å². The SMILES string of the molecule is Oc1cccc2cccc(C(O)Cc3ccccc3)c12. The highest BCUT2D eigenvalue weighted by Crippen LogP contribution is 2.32. The van der Waals surface area contributed by atoms with Crippen LogP contribution in [0.3, 0.4) is 0 Å². The molecule has 2 nitrogen and oxygen atoms in total. The van der Waals surface area contributed by atoms with Crippen molar-refractivity contribution >= 4 is 10.8 Å². The Bertz CT molecular complexity index is 715. The zero-order chi connectivity index (χ0) is 13.9. The van der Waals surface area contributed by atoms with Crippen LogP contribution in [-0.2, 0) is 6.42 Å². The minimum absolute atomic E-state index is 0.213. The Hall–Kier alpha value is -2.32. The number of fused-ring (bicyclic) bond motifs is 1. The molecule has 20 heavy (non-hydrogen) atoms. The molecule has 0 saturated carbocycles. The molecule has 0 aromatic heterocycles. The minimum Gasteiger partial charge on any atom is -0.507 e. The van der Waals surface area contributed by atoms with Crippen LogP contribution in [-0.4, -0.2) is 10.2 Å². The molecule has 3 rings (SSSR count). The number of rotatable bonds is 3. The van der Waals surface area contributed by atoms with E-state index in [2.05, 4.69) is 0 Å². The van der Waals surface area contributed by atoms with Crippen LogP contribution in [0.1, 0.15) is 17.2 Å². The summed E-state index contributed by atoms with van der Waals surface area (Å²) in [6.45, 7) is 0. The smallest absolute Gasteiger partial charge is 0.123 e. The van der Waals surface area contributed by atoms with Crippen LogP contribution in [0.4, 0.5) is 0 Å². The number of phenols is 1. The van der Waals surface area contributed by atoms with Crippen LogP contribution < -0.4 is 0 Å². The third-order valence-electron chi connectivity index (χ3n) is 3.55. The van der Waals surface area contributed by atoms with E-state index in [1.165, 1.54) is 0 Å². The molecule has 100 valence electrons. The first-order valence-corrected chi connectivity index (χ1v) is 6.68. The summed E-state index contributed by atoms with van der Waals surface area (Å²) < 4.78 is 0. The molecule has 0 amide bonds. The number of hydrogen-bond acceptors (Lipinski definition) is 2. The average Bonchev–Trinajstić information content (AvgIpc) is 2.48. The molecule has 3 aromatic rings. The van der Waals surface area contributed by atoms with Crippen molar-refractivity contribution in [2.24, 2.45) is 0 Å². The van der Waals surface area contributed by atoms with E-state index in [1.807, 2.05) is 60.7 Å². The van der Waals surface area contributed by atoms with Crippen molar-refractivity contribution in [2.45, 2.75) is 12.5 Å². The Kier molecular flexibility index (Phi) is 3.40. The Morgan fingerprint density at radius 3 is 2.25 bits per heavy atom. The molecular formula is C18H16O2. The van der Waals surface area contributed by atoms with Gasteiger partial charge in [0.25, 0.3) is 0 Å². The number of aromatic hydroxyl groups is 1. The number of hydrogen-bond donors (Lipinski definition) is 2. The van der Waals surface area contributed by atoms with Crippen LogP contribution in [0.5, 0.6) is 5.75 Å². The number of aliphatic hydroxyl groups is 1. The number of phenolic OH excluding ortho intramolecular Hbond substituents is 1. The highest BCUT2D eigenvalue weighted by atomic mass is 16.3. The third kappa shape index (κ3) is 2.38. The van der Waals surface area contributed by atoms with Crippen LogP contribution in [0, 0.1) is 0 Å². The first-order valence-electron chi connectivity index (χ1n) is 6.68. The van der Waals surface area contributed by atoms with Gasteiger partial charge in [-0.25, -0.2) is 0 Å². The summed E-state index contributed by atoms with van der Waals surface area (Å²) in [5.41, 5.74) is 1.84. The van der Waals surface area contributed by atoms with Gasteiger partial charge in [-0.05, 0) is 22.6 Å². The highest BCUT2D eigenvalue weighted by molar-refractivity contribution is 5.91. The molecule has 0 aliphatic carbocycles. The molecular weight excluding hydrogens is 248 g/mol. The van der Waals surface area contributed by atoms with Crippen molar-refractivity contribution in [1.82, 2.24) is 0 Å². The number of aliphatic hydroxyl groups excluding tert-OH is 1. The van der Waals surface area contributed by atoms with E-state index in [9.17, 15) is 10.2 Å². The summed E-state index contributed by atoms with van der Waals surface area (Å²) in [5.74, 6) is 0.213. The molecule has 1 atom stereocenters. The maximum absolute atomic E-state index is 10.5. The molecule has 0 heterocycles. The predicted octanol–water partition coefficient (Wildman–Crippen LogP) is 3.82. The minimum atomic E-state index is -0.630. The molecule has 0 spiro atoms. The maximum Gasteiger partial charge on any atom is 0.123 e. The van der Waals surface area contributed by atoms with Crippen LogP contribution in [0.2, 0.25) is 0 Å². The van der Waals surface area contributed by atoms with Crippen molar-refractivity contribution < 1.29 is 10.2 Å². The van der Waals surface area contributed by atoms with Gasteiger partial charge in [0.15, 0.2) is 0 Å². The fourth-order valence-corrected chi connectivity index (χ4v) is 2.57. The molecule has 1 unspecified atom stereocenters. The summed E-state index contributed by atoms with van der Waals surface area (Å²) in [7, 11) is 0. The second-order valence-corrected chi connectivity index (χ2v) is 4.93. The predicted molar refractivity (Wildman–Crippen MR) is 80.7 cm³/mol. The summed E-state index contributed by atoms with van der Waals surface area (Å²) in [6, 6.07) is 21.0. The monoisotopic (exact) mass is 264 g/mol. The van der Waals surface area contributed by atoms with Crippen molar-refractivity contribution in [3.8, 4) is 5.75 Å². The molecule has 2 N–H and O–H groups in total. The average molecular weight is 264 g/mol. The second-order valence-electron chi connectivity index (χ2n) is 4.93. The van der Waals surface area contributed by atoms with Gasteiger partial charge in [0, 0.05) is 11.8 Å². The Labute approximate surface area is 117 Å². The molecule has 0 aliphatic rings. The quantitative estimate of drug-likeness (QED) is 0.755. The fourth-order valence-electron chi connectivity index (χ4n) is 2.57. The summed E-state index contributed by atoms with van der Waals surface area (Å²) in [6.07, 6.45) is -0.0942. The van der Waals surface area contributed by atoms with Gasteiger partial charge in [0.2, 0.25) is 0 Å². The van der Waals surface area contributed by atoms with Gasteiger partial charge in [0.1, 0.15) is 5.75 Å². The van der Waals surface area contributed by atoms with Crippen molar-refractivity contribution in [3.63, 3.8) is 0 Å². The fraction of sp³-hybridized carbons (Fsp3) is 0.111. The molecule has 0 fully saturated rings. The van der Waals surface area contributed by atoms with E-state index in [0.717, 1.165) is 21.9 Å².